The minimum atomic E-state index is -2.38. The van der Waals surface area contributed by atoms with E-state index in [2.05, 4.69) is 356 Å². The number of rotatable bonds is 13. The van der Waals surface area contributed by atoms with Crippen LogP contribution in [0.15, 0.2) is 243 Å². The van der Waals surface area contributed by atoms with Crippen molar-refractivity contribution in [1.82, 2.24) is 0 Å². The van der Waals surface area contributed by atoms with E-state index in [0.717, 1.165) is 25.1 Å². The molecule has 0 radical (unpaired) electrons. The molecule has 9 heteroatoms. The highest BCUT2D eigenvalue weighted by molar-refractivity contribution is 5.93. The molecule has 0 unspecified atom stereocenters. The largest absolute Gasteiger partial charge is 0.203 e. The maximum Gasteiger partial charge on any atom is 0.200 e. The molecule has 0 aliphatic rings. The van der Waals surface area contributed by atoms with Crippen molar-refractivity contribution in [2.24, 2.45) is 0 Å². The smallest absolute Gasteiger partial charge is 0.200 e. The minimum absolute atomic E-state index is 0.00259. The van der Waals surface area contributed by atoms with Gasteiger partial charge in [0.1, 0.15) is 0 Å². The molecule has 13 aromatic rings. The summed E-state index contributed by atoms with van der Waals surface area (Å²) in [6.07, 6.45) is 0. The Labute approximate surface area is 696 Å². The molecule has 0 fully saturated rings. The Morgan fingerprint density at radius 1 is 0.195 bits per heavy atom. The quantitative estimate of drug-likeness (QED) is 0.0613. The molecule has 0 saturated carbocycles. The first-order chi connectivity index (χ1) is 55.5. The fourth-order valence-corrected chi connectivity index (χ4v) is 16.8. The number of benzene rings is 13. The van der Waals surface area contributed by atoms with Crippen molar-refractivity contribution >= 4 is 0 Å². The maximum atomic E-state index is 14.7. The van der Waals surface area contributed by atoms with E-state index >= 15 is 0 Å². The molecule has 118 heavy (non-hydrogen) atoms. The van der Waals surface area contributed by atoms with Gasteiger partial charge in [0, 0.05) is 5.56 Å². The highest BCUT2D eigenvalue weighted by atomic mass is 19.2. The van der Waals surface area contributed by atoms with Gasteiger partial charge in [-0.25, -0.2) is 39.5 Å². The van der Waals surface area contributed by atoms with Gasteiger partial charge >= 0.3 is 0 Å². The molecule has 0 aliphatic heterocycles. The molecule has 0 N–H and O–H groups in total. The van der Waals surface area contributed by atoms with Gasteiger partial charge in [-0.2, -0.15) is 0 Å². The van der Waals surface area contributed by atoms with Crippen LogP contribution in [0.5, 0.6) is 0 Å². The lowest BCUT2D eigenvalue weighted by Gasteiger charge is -2.32. The molecule has 612 valence electrons. The van der Waals surface area contributed by atoms with E-state index in [-0.39, 0.29) is 21.8 Å². The van der Waals surface area contributed by atoms with E-state index in [1.165, 1.54) is 149 Å². The van der Waals surface area contributed by atoms with E-state index in [9.17, 15) is 39.5 Å². The number of aryl methyl sites for hydroxylation is 1. The van der Waals surface area contributed by atoms with Crippen LogP contribution in [-0.2, 0) is 21.7 Å². The van der Waals surface area contributed by atoms with Crippen LogP contribution in [0.2, 0.25) is 0 Å². The van der Waals surface area contributed by atoms with Gasteiger partial charge in [-0.15, -0.1) is 0 Å². The van der Waals surface area contributed by atoms with E-state index in [1.54, 1.807) is 0 Å². The van der Waals surface area contributed by atoms with Crippen molar-refractivity contribution in [3.8, 4) is 100 Å². The third-order valence-corrected chi connectivity index (χ3v) is 21.9. The van der Waals surface area contributed by atoms with Gasteiger partial charge in [0.05, 0.1) is 11.1 Å². The summed E-state index contributed by atoms with van der Waals surface area (Å²) in [5, 5.41) is 0. The van der Waals surface area contributed by atoms with Gasteiger partial charge in [0.15, 0.2) is 46.5 Å². The van der Waals surface area contributed by atoms with Crippen molar-refractivity contribution < 1.29 is 39.5 Å². The van der Waals surface area contributed by atoms with Crippen LogP contribution >= 0.6 is 0 Å². The van der Waals surface area contributed by atoms with Crippen molar-refractivity contribution in [1.29, 1.82) is 0 Å². The molecule has 0 atom stereocenters. The van der Waals surface area contributed by atoms with Crippen molar-refractivity contribution in [2.75, 3.05) is 0 Å². The molecule has 13 aromatic carbocycles. The predicted molar refractivity (Wildman–Crippen MR) is 480 cm³/mol. The van der Waals surface area contributed by atoms with Crippen LogP contribution in [-0.4, -0.2) is 0 Å². The second-order valence-electron chi connectivity index (χ2n) is 36.3. The Morgan fingerprint density at radius 3 is 0.720 bits per heavy atom. The van der Waals surface area contributed by atoms with Crippen LogP contribution < -0.4 is 0 Å². The van der Waals surface area contributed by atoms with Crippen LogP contribution in [0, 0.1) is 73.1 Å². The Bertz CT molecular complexity index is 5370. The van der Waals surface area contributed by atoms with Gasteiger partial charge in [0.25, 0.3) is 0 Å². The first-order valence-electron chi connectivity index (χ1n) is 41.0. The second-order valence-corrected chi connectivity index (χ2v) is 36.3. The fraction of sp³-hybridized carbons (Fsp3) is 0.284. The third kappa shape index (κ3) is 19.0. The van der Waals surface area contributed by atoms with Crippen LogP contribution in [0.4, 0.5) is 39.5 Å². The normalized spacial score (nSPS) is 11.9. The SMILES string of the molecule is CC(C)c1cccc(C(C)C)c1-c1cccc(-c2c(C(C)C)cccc2C(C)C)c1C(C)(C)C.Cc1c(-c2ccccc2)cc(-c2ccccc2)c(-c2ccccc2)c1C(C)(C)C.Cc1c(F)c(F)c(-c2cccc(-c3c(F)c(F)c(F)c(F)c3F)c2C(C)(C)C)c(F)c1F.Cc1cc(-c2ccccc2)c(C(C)(C)C)c(-c2ccccc2)c1. The third-order valence-electron chi connectivity index (χ3n) is 21.9. The summed E-state index contributed by atoms with van der Waals surface area (Å²) in [4.78, 5) is 0. The van der Waals surface area contributed by atoms with Gasteiger partial charge in [0.2, 0.25) is 5.82 Å². The molecule has 0 aliphatic carbocycles. The van der Waals surface area contributed by atoms with Crippen LogP contribution in [0.25, 0.3) is 100 Å². The fourth-order valence-electron chi connectivity index (χ4n) is 16.8. The number of halogens is 9. The van der Waals surface area contributed by atoms with Gasteiger partial charge in [-0.1, -0.05) is 375 Å². The van der Waals surface area contributed by atoms with Gasteiger partial charge < -0.3 is 0 Å². The van der Waals surface area contributed by atoms with Crippen LogP contribution in [0.3, 0.4) is 0 Å². The Morgan fingerprint density at radius 2 is 0.432 bits per heavy atom. The first kappa shape index (κ1) is 89.6. The molecular weight excluding hydrogens is 1480 g/mol. The zero-order valence-electron chi connectivity index (χ0n) is 72.8. The lowest BCUT2D eigenvalue weighted by atomic mass is 9.72. The summed E-state index contributed by atoms with van der Waals surface area (Å²) < 4.78 is 128. The molecule has 0 bridgehead atoms. The minimum Gasteiger partial charge on any atom is -0.203 e. The second kappa shape index (κ2) is 36.6. The summed E-state index contributed by atoms with van der Waals surface area (Å²) in [5.41, 5.74) is 25.6. The zero-order chi connectivity index (χ0) is 86.5. The first-order valence-corrected chi connectivity index (χ1v) is 41.0. The van der Waals surface area contributed by atoms with Crippen LogP contribution in [0.1, 0.15) is 223 Å². The van der Waals surface area contributed by atoms with E-state index in [0.29, 0.717) is 23.7 Å². The molecule has 0 nitrogen and oxygen atoms in total. The van der Waals surface area contributed by atoms with Gasteiger partial charge in [-0.3, -0.25) is 0 Å². The lowest BCUT2D eigenvalue weighted by molar-refractivity contribution is 0.381. The summed E-state index contributed by atoms with van der Waals surface area (Å²) in [5.74, 6) is -16.1. The summed E-state index contributed by atoms with van der Waals surface area (Å²) in [6.45, 7) is 49.2. The molecule has 13 rings (SSSR count). The van der Waals surface area contributed by atoms with E-state index in [4.69, 9.17) is 0 Å². The molecular formula is C109H113F9. The van der Waals surface area contributed by atoms with E-state index < -0.39 is 85.6 Å². The monoisotopic (exact) mass is 1590 g/mol. The van der Waals surface area contributed by atoms with Gasteiger partial charge in [-0.05, 0) is 217 Å². The predicted octanol–water partition coefficient (Wildman–Crippen LogP) is 33.6. The van der Waals surface area contributed by atoms with E-state index in [1.807, 2.05) is 0 Å². The summed E-state index contributed by atoms with van der Waals surface area (Å²) >= 11 is 0. The zero-order valence-corrected chi connectivity index (χ0v) is 72.8. The maximum absolute atomic E-state index is 14.7. The standard InChI is InChI=1S/C34H46.C29H28.C23H15F9.C23H24/c1-21(2)25-15-12-16-26(22(3)4)31(25)29-19-14-20-30(33(29)34(9,10)11)32-27(23(5)6)17-13-18-28(32)24(7)8;1-21-25(22-14-8-5-9-15-22)20-26(23-16-10-6-11-17-23)27(28(21)29(2,3)4)24-18-12-7-13-19-24;1-8-14(24)16(26)11(17(27)15(8)25)9-6-5-7-10(13(9)23(2,3)4)12-18(28)20(30)22(32)21(31)19(12)29;1-17-15-20(18-11-7-5-8-12-18)22(23(2,3)4)21(16-17)19-13-9-6-10-14-19/h12-24H,1-11H3;5-20H,1-4H3;5-7H,1-4H3;5-16H,1-4H3. The average Bonchev–Trinajstić information content (AvgIpc) is 0.748. The lowest BCUT2D eigenvalue weighted by Crippen LogP contribution is -2.17. The van der Waals surface area contributed by atoms with Crippen molar-refractivity contribution in [3.63, 3.8) is 0 Å². The number of hydrogen-bond donors (Lipinski definition) is 0. The molecule has 0 spiro atoms. The van der Waals surface area contributed by atoms with Crippen molar-refractivity contribution in [2.45, 2.75) is 205 Å². The molecule has 0 heterocycles. The highest BCUT2D eigenvalue weighted by Crippen LogP contribution is 2.52. The summed E-state index contributed by atoms with van der Waals surface area (Å²) in [7, 11) is 0. The number of hydrogen-bond acceptors (Lipinski definition) is 0. The highest BCUT2D eigenvalue weighted by Gasteiger charge is 2.36. The average molecular weight is 1590 g/mol. The Kier molecular flexibility index (Phi) is 27.8. The molecule has 0 aromatic heterocycles. The molecule has 0 amide bonds. The Balaban J connectivity index is 0.000000167. The topological polar surface area (TPSA) is 0 Å². The Hall–Kier alpha value is -10.8. The molecule has 0 saturated heterocycles. The summed E-state index contributed by atoms with van der Waals surface area (Å²) in [6, 6.07) is 84.8. The van der Waals surface area contributed by atoms with Crippen molar-refractivity contribution in [3.05, 3.63) is 356 Å².